The van der Waals surface area contributed by atoms with Crippen LogP contribution in [-0.4, -0.2) is 132 Å². The second-order valence-corrected chi connectivity index (χ2v) is 15.3. The summed E-state index contributed by atoms with van der Waals surface area (Å²) < 4.78 is 53.3. The normalized spacial score (nSPS) is 44.4. The third kappa shape index (κ3) is 8.43. The molecule has 1 N–H and O–H groups in total. The van der Waals surface area contributed by atoms with Gasteiger partial charge in [-0.1, -0.05) is 34.6 Å². The molecule has 4 rings (SSSR count). The Labute approximate surface area is 299 Å². The summed E-state index contributed by atoms with van der Waals surface area (Å²) in [6.45, 7) is 12.6. The zero-order valence-electron chi connectivity index (χ0n) is 31.4. The molecular weight excluding hydrogens is 671 g/mol. The van der Waals surface area contributed by atoms with Crippen molar-refractivity contribution < 1.29 is 61.9 Å². The van der Waals surface area contributed by atoms with Gasteiger partial charge in [0, 0.05) is 24.0 Å². The first-order valence-corrected chi connectivity index (χ1v) is 17.9. The number of nitrogens with zero attached hydrogens (tertiary/aromatic N) is 2. The summed E-state index contributed by atoms with van der Waals surface area (Å²) in [4.78, 5) is 73.0. The Bertz CT molecular complexity index is 1390. The number of hydrogen-bond donors (Lipinski definition) is 1. The lowest BCUT2D eigenvalue weighted by molar-refractivity contribution is -0.305. The summed E-state index contributed by atoms with van der Waals surface area (Å²) in [5.41, 5.74) is -6.58. The van der Waals surface area contributed by atoms with Crippen LogP contribution in [0.1, 0.15) is 88.0 Å². The maximum absolute atomic E-state index is 16.7. The van der Waals surface area contributed by atoms with Crippen molar-refractivity contribution in [3.8, 4) is 0 Å². The standard InChI is InChI=1S/C36H55FN2O12/c1-11-24-36(9,45)31-20(5)27(38-25(41)12-2)18(3)14-34(7,47-17-22(40)16-46-31)30(21(6)29(43)35(8,37)33(44)49-24)51-32-28-23(13-19(4)48-32)39(10)15-26(42)50-28/h18-21,23-24,28,30-32,45H,11-17H2,1-10H3/t18-,19-,20+,21+,23+,24-,28-,30-,31-,32+,34-,35+,36-/m1/s1. The van der Waals surface area contributed by atoms with Gasteiger partial charge in [-0.15, -0.1) is 0 Å². The van der Waals surface area contributed by atoms with Crippen molar-refractivity contribution >= 4 is 35.1 Å². The molecule has 0 radical (unpaired) electrons. The first kappa shape index (κ1) is 41.1. The Morgan fingerprint density at radius 2 is 1.71 bits per heavy atom. The quantitative estimate of drug-likeness (QED) is 0.331. The number of carbonyl (C=O) groups is 5. The second kappa shape index (κ2) is 15.7. The van der Waals surface area contributed by atoms with E-state index < -0.39 is 108 Å². The first-order chi connectivity index (χ1) is 23.7. The Hall–Kier alpha value is -2.69. The Morgan fingerprint density at radius 3 is 2.33 bits per heavy atom. The SMILES string of the molecule is CCC(=O)N=C1[C@H](C)C[C@@]2(C)OCC(=O)CO[C@H]([C@H]1C)[C@](C)(O)[C@@H](CC)OC(=O)[C@@](C)(F)C(=O)[C@H](C)[C@H]2O[C@@H]1O[C@H](C)C[C@H]2[C@H]1OC(=O)CN2C. The molecule has 0 aromatic heterocycles. The van der Waals surface area contributed by atoms with Crippen LogP contribution in [0.5, 0.6) is 0 Å². The maximum atomic E-state index is 16.7. The summed E-state index contributed by atoms with van der Waals surface area (Å²) in [5.74, 6) is -7.15. The number of fused-ring (bicyclic) bond motifs is 6. The van der Waals surface area contributed by atoms with Gasteiger partial charge >= 0.3 is 11.9 Å². The lowest BCUT2D eigenvalue weighted by atomic mass is 9.73. The van der Waals surface area contributed by atoms with E-state index in [2.05, 4.69) is 4.99 Å². The Balaban J connectivity index is 1.96. The van der Waals surface area contributed by atoms with Gasteiger partial charge in [-0.2, -0.15) is 0 Å². The van der Waals surface area contributed by atoms with Crippen LogP contribution >= 0.6 is 0 Å². The number of cyclic esters (lactones) is 1. The number of Topliss-reactive ketones (excluding diaryl/α,β-unsaturated/α-hetero) is 2. The van der Waals surface area contributed by atoms with Gasteiger partial charge in [-0.25, -0.2) is 14.2 Å². The summed E-state index contributed by atoms with van der Waals surface area (Å²) in [7, 11) is 1.78. The molecular formula is C36H55FN2O12. The van der Waals surface area contributed by atoms with Crippen LogP contribution in [0, 0.1) is 17.8 Å². The Kier molecular flexibility index (Phi) is 12.7. The maximum Gasteiger partial charge on any atom is 0.351 e. The van der Waals surface area contributed by atoms with Crippen molar-refractivity contribution in [1.29, 1.82) is 0 Å². The monoisotopic (exact) mass is 726 g/mol. The molecule has 0 spiro atoms. The zero-order valence-corrected chi connectivity index (χ0v) is 31.4. The summed E-state index contributed by atoms with van der Waals surface area (Å²) in [6.07, 6.45) is -6.14. The minimum absolute atomic E-state index is 0.0190. The number of morpholine rings is 1. The summed E-state index contributed by atoms with van der Waals surface area (Å²) in [5, 5.41) is 12.0. The lowest BCUT2D eigenvalue weighted by Gasteiger charge is -2.49. The van der Waals surface area contributed by atoms with Gasteiger partial charge in [0.25, 0.3) is 5.67 Å². The summed E-state index contributed by atoms with van der Waals surface area (Å²) in [6, 6.07) is -0.309. The second-order valence-electron chi connectivity index (χ2n) is 15.3. The van der Waals surface area contributed by atoms with E-state index in [0.717, 1.165) is 6.92 Å². The van der Waals surface area contributed by atoms with E-state index in [9.17, 15) is 29.1 Å². The average Bonchev–Trinajstić information content (AvgIpc) is 3.07. The fourth-order valence-electron chi connectivity index (χ4n) is 8.14. The van der Waals surface area contributed by atoms with E-state index in [1.165, 1.54) is 13.8 Å². The molecule has 288 valence electrons. The van der Waals surface area contributed by atoms with Crippen LogP contribution < -0.4 is 0 Å². The van der Waals surface area contributed by atoms with Gasteiger partial charge in [-0.3, -0.25) is 24.1 Å². The van der Waals surface area contributed by atoms with Crippen LogP contribution in [0.2, 0.25) is 0 Å². The number of ketones is 2. The number of hydrogen-bond acceptors (Lipinski definition) is 13. The van der Waals surface area contributed by atoms with E-state index in [1.54, 1.807) is 41.7 Å². The molecule has 14 nitrogen and oxygen atoms in total. The molecule has 51 heavy (non-hydrogen) atoms. The third-order valence-corrected chi connectivity index (χ3v) is 10.9. The molecule has 0 saturated carbocycles. The zero-order chi connectivity index (χ0) is 38.2. The minimum Gasteiger partial charge on any atom is -0.457 e. The molecule has 0 aliphatic carbocycles. The lowest BCUT2D eigenvalue weighted by Crippen LogP contribution is -2.64. The van der Waals surface area contributed by atoms with Gasteiger partial charge in [0.1, 0.15) is 24.9 Å². The Morgan fingerprint density at radius 1 is 1.04 bits per heavy atom. The van der Waals surface area contributed by atoms with Gasteiger partial charge in [0.2, 0.25) is 5.91 Å². The molecule has 13 atom stereocenters. The number of amides is 1. The molecule has 2 bridgehead atoms. The minimum atomic E-state index is -3.22. The van der Waals surface area contributed by atoms with Crippen molar-refractivity contribution in [2.75, 3.05) is 26.8 Å². The highest BCUT2D eigenvalue weighted by atomic mass is 19.1. The fourth-order valence-corrected chi connectivity index (χ4v) is 8.14. The molecule has 4 saturated heterocycles. The van der Waals surface area contributed by atoms with E-state index in [0.29, 0.717) is 12.1 Å². The van der Waals surface area contributed by atoms with E-state index in [4.69, 9.17) is 28.4 Å². The number of rotatable bonds is 4. The van der Waals surface area contributed by atoms with Crippen LogP contribution in [0.4, 0.5) is 4.39 Å². The van der Waals surface area contributed by atoms with E-state index in [-0.39, 0.29) is 38.0 Å². The van der Waals surface area contributed by atoms with Gasteiger partial charge in [-0.05, 0) is 59.9 Å². The van der Waals surface area contributed by atoms with Crippen LogP contribution in [0.25, 0.3) is 0 Å². The van der Waals surface area contributed by atoms with Crippen molar-refractivity contribution in [2.45, 2.75) is 148 Å². The van der Waals surface area contributed by atoms with E-state index >= 15 is 4.39 Å². The largest absolute Gasteiger partial charge is 0.457 e. The van der Waals surface area contributed by atoms with Crippen LogP contribution in [0.15, 0.2) is 4.99 Å². The molecule has 0 unspecified atom stereocenters. The van der Waals surface area contributed by atoms with Gasteiger partial charge < -0.3 is 33.5 Å². The molecule has 0 aromatic carbocycles. The third-order valence-electron chi connectivity index (χ3n) is 10.9. The predicted octanol–water partition coefficient (Wildman–Crippen LogP) is 2.54. The van der Waals surface area contributed by atoms with Crippen LogP contribution in [-0.2, 0) is 52.4 Å². The number of esters is 2. The van der Waals surface area contributed by atoms with Crippen molar-refractivity contribution in [3.63, 3.8) is 0 Å². The smallest absolute Gasteiger partial charge is 0.351 e. The highest BCUT2D eigenvalue weighted by Crippen LogP contribution is 2.41. The topological polar surface area (TPSA) is 177 Å². The molecule has 15 heteroatoms. The molecule has 4 fully saturated rings. The molecule has 4 heterocycles. The molecule has 1 amide bonds. The predicted molar refractivity (Wildman–Crippen MR) is 179 cm³/mol. The molecule has 4 aliphatic heterocycles. The highest BCUT2D eigenvalue weighted by molar-refractivity contribution is 6.08. The van der Waals surface area contributed by atoms with Crippen LogP contribution in [0.3, 0.4) is 0 Å². The summed E-state index contributed by atoms with van der Waals surface area (Å²) >= 11 is 0. The van der Waals surface area contributed by atoms with Crippen molar-refractivity contribution in [2.24, 2.45) is 22.7 Å². The number of likely N-dealkylation sites (N-methyl/N-ethyl adjacent to an activating group) is 1. The van der Waals surface area contributed by atoms with Gasteiger partial charge in [0.15, 0.2) is 24.0 Å². The number of halogens is 1. The number of aliphatic imine (C=N–C) groups is 1. The molecule has 4 aliphatic rings. The average molecular weight is 727 g/mol. The van der Waals surface area contributed by atoms with E-state index in [1.807, 2.05) is 11.8 Å². The number of alkyl halides is 1. The number of carbonyl (C=O) groups excluding carboxylic acids is 5. The van der Waals surface area contributed by atoms with Crippen molar-refractivity contribution in [1.82, 2.24) is 4.90 Å². The highest BCUT2D eigenvalue weighted by Gasteiger charge is 2.57. The van der Waals surface area contributed by atoms with Gasteiger partial charge in [0.05, 0.1) is 36.5 Å². The molecule has 0 aromatic rings. The first-order valence-electron chi connectivity index (χ1n) is 17.9. The van der Waals surface area contributed by atoms with Crippen molar-refractivity contribution in [3.05, 3.63) is 0 Å². The number of ether oxygens (including phenoxy) is 6. The number of aliphatic hydroxyl groups is 1. The fraction of sp³-hybridized carbons (Fsp3) is 0.833.